The number of halogens is 1. The van der Waals surface area contributed by atoms with Crippen molar-refractivity contribution in [2.24, 2.45) is 0 Å². The number of nitrogens with zero attached hydrogens (tertiary/aromatic N) is 2. The van der Waals surface area contributed by atoms with E-state index in [-0.39, 0.29) is 5.91 Å². The Balaban J connectivity index is 2.06. The minimum absolute atomic E-state index is 0.100. The molecule has 1 atom stereocenters. The number of rotatable bonds is 1. The molecule has 0 spiro atoms. The van der Waals surface area contributed by atoms with Crippen molar-refractivity contribution < 1.29 is 9.90 Å². The second-order valence-electron chi connectivity index (χ2n) is 4.69. The number of pyridine rings is 1. The Morgan fingerprint density at radius 2 is 2.26 bits per heavy atom. The maximum Gasteiger partial charge on any atom is 0.256 e. The van der Waals surface area contributed by atoms with Gasteiger partial charge in [0.1, 0.15) is 0 Å². The molecule has 1 saturated heterocycles. The summed E-state index contributed by atoms with van der Waals surface area (Å²) in [6.45, 7) is 0.965. The van der Waals surface area contributed by atoms with Crippen molar-refractivity contribution in [3.63, 3.8) is 0 Å². The van der Waals surface area contributed by atoms with Gasteiger partial charge in [-0.2, -0.15) is 0 Å². The molecule has 19 heavy (non-hydrogen) atoms. The number of aliphatic hydroxyl groups excluding tert-OH is 1. The van der Waals surface area contributed by atoms with Crippen LogP contribution in [0.5, 0.6) is 0 Å². The van der Waals surface area contributed by atoms with Crippen LogP contribution in [0.2, 0.25) is 5.02 Å². The maximum absolute atomic E-state index is 12.4. The van der Waals surface area contributed by atoms with Gasteiger partial charge in [0.15, 0.2) is 0 Å². The molecule has 0 radical (unpaired) electrons. The fourth-order valence-electron chi connectivity index (χ4n) is 2.41. The highest BCUT2D eigenvalue weighted by Crippen LogP contribution is 2.26. The van der Waals surface area contributed by atoms with Crippen LogP contribution in [-0.2, 0) is 0 Å². The van der Waals surface area contributed by atoms with Gasteiger partial charge in [-0.15, -0.1) is 0 Å². The molecule has 0 bridgehead atoms. The summed E-state index contributed by atoms with van der Waals surface area (Å²) < 4.78 is 0. The predicted molar refractivity (Wildman–Crippen MR) is 73.3 cm³/mol. The number of aliphatic hydroxyl groups is 1. The van der Waals surface area contributed by atoms with Crippen molar-refractivity contribution in [3.05, 3.63) is 41.0 Å². The van der Waals surface area contributed by atoms with Crippen molar-refractivity contribution in [1.82, 2.24) is 9.88 Å². The predicted octanol–water partition coefficient (Wildman–Crippen LogP) is 2.09. The van der Waals surface area contributed by atoms with E-state index in [0.717, 1.165) is 5.39 Å². The largest absolute Gasteiger partial charge is 0.391 e. The van der Waals surface area contributed by atoms with Gasteiger partial charge < -0.3 is 10.0 Å². The number of hydrogen-bond donors (Lipinski definition) is 1. The van der Waals surface area contributed by atoms with Gasteiger partial charge in [0.2, 0.25) is 0 Å². The van der Waals surface area contributed by atoms with Crippen molar-refractivity contribution in [2.75, 3.05) is 13.1 Å². The second kappa shape index (κ2) is 4.79. The van der Waals surface area contributed by atoms with Crippen molar-refractivity contribution in [2.45, 2.75) is 12.5 Å². The summed E-state index contributed by atoms with van der Waals surface area (Å²) >= 11 is 6.11. The third kappa shape index (κ3) is 2.17. The van der Waals surface area contributed by atoms with Crippen LogP contribution in [0, 0.1) is 0 Å². The van der Waals surface area contributed by atoms with Crippen LogP contribution in [0.3, 0.4) is 0 Å². The van der Waals surface area contributed by atoms with Crippen LogP contribution in [0.4, 0.5) is 0 Å². The van der Waals surface area contributed by atoms with Gasteiger partial charge in [0.05, 0.1) is 22.2 Å². The number of amides is 1. The van der Waals surface area contributed by atoms with E-state index in [1.165, 1.54) is 0 Å². The van der Waals surface area contributed by atoms with Crippen LogP contribution in [0.25, 0.3) is 10.9 Å². The SMILES string of the molecule is O=C(c1ccc(Cl)c2cccnc12)N1CC[C@@H](O)C1. The highest BCUT2D eigenvalue weighted by molar-refractivity contribution is 6.36. The summed E-state index contributed by atoms with van der Waals surface area (Å²) in [7, 11) is 0. The normalized spacial score (nSPS) is 19.1. The van der Waals surface area contributed by atoms with Crippen molar-refractivity contribution >= 4 is 28.4 Å². The topological polar surface area (TPSA) is 53.4 Å². The summed E-state index contributed by atoms with van der Waals surface area (Å²) in [5, 5.41) is 10.9. The van der Waals surface area contributed by atoms with E-state index in [9.17, 15) is 9.90 Å². The quantitative estimate of drug-likeness (QED) is 0.868. The van der Waals surface area contributed by atoms with Gasteiger partial charge in [-0.1, -0.05) is 11.6 Å². The Morgan fingerprint density at radius 3 is 3.00 bits per heavy atom. The molecule has 0 aliphatic carbocycles. The molecule has 0 saturated carbocycles. The lowest BCUT2D eigenvalue weighted by Gasteiger charge is -2.16. The number of carbonyl (C=O) groups is 1. The molecular formula is C14H13ClN2O2. The Bertz CT molecular complexity index is 644. The molecule has 2 aromatic rings. The Labute approximate surface area is 115 Å². The van der Waals surface area contributed by atoms with E-state index < -0.39 is 6.10 Å². The zero-order valence-electron chi connectivity index (χ0n) is 10.2. The van der Waals surface area contributed by atoms with Crippen LogP contribution < -0.4 is 0 Å². The van der Waals surface area contributed by atoms with Gasteiger partial charge >= 0.3 is 0 Å². The minimum Gasteiger partial charge on any atom is -0.391 e. The van der Waals surface area contributed by atoms with Crippen LogP contribution >= 0.6 is 11.6 Å². The molecule has 3 rings (SSSR count). The van der Waals surface area contributed by atoms with E-state index in [2.05, 4.69) is 4.98 Å². The summed E-state index contributed by atoms with van der Waals surface area (Å²) in [5.41, 5.74) is 1.15. The van der Waals surface area contributed by atoms with E-state index in [4.69, 9.17) is 11.6 Å². The number of β-amino-alcohol motifs (C(OH)–C–C–N with tert-alkyl or cyclic N) is 1. The number of benzene rings is 1. The highest BCUT2D eigenvalue weighted by atomic mass is 35.5. The molecule has 98 valence electrons. The van der Waals surface area contributed by atoms with Gasteiger partial charge in [0.25, 0.3) is 5.91 Å². The van der Waals surface area contributed by atoms with Crippen LogP contribution in [0.1, 0.15) is 16.8 Å². The number of aromatic nitrogens is 1. The lowest BCUT2D eigenvalue weighted by atomic mass is 10.1. The second-order valence-corrected chi connectivity index (χ2v) is 5.10. The summed E-state index contributed by atoms with van der Waals surface area (Å²) in [4.78, 5) is 18.4. The molecule has 1 amide bonds. The molecule has 1 aromatic heterocycles. The van der Waals surface area contributed by atoms with Gasteiger partial charge in [-0.3, -0.25) is 9.78 Å². The molecule has 0 unspecified atom stereocenters. The molecule has 5 heteroatoms. The first-order valence-electron chi connectivity index (χ1n) is 6.17. The molecule has 4 nitrogen and oxygen atoms in total. The first-order chi connectivity index (χ1) is 9.16. The average Bonchev–Trinajstić information content (AvgIpc) is 2.86. The first kappa shape index (κ1) is 12.4. The fraction of sp³-hybridized carbons (Fsp3) is 0.286. The molecular weight excluding hydrogens is 264 g/mol. The van der Waals surface area contributed by atoms with Gasteiger partial charge in [-0.05, 0) is 30.7 Å². The van der Waals surface area contributed by atoms with Crippen molar-refractivity contribution in [1.29, 1.82) is 0 Å². The Kier molecular flexibility index (Phi) is 3.12. The van der Waals surface area contributed by atoms with E-state index >= 15 is 0 Å². The molecule has 1 N–H and O–H groups in total. The molecule has 1 fully saturated rings. The Hall–Kier alpha value is -1.65. The number of fused-ring (bicyclic) bond motifs is 1. The number of hydrogen-bond acceptors (Lipinski definition) is 3. The average molecular weight is 277 g/mol. The van der Waals surface area contributed by atoms with Crippen LogP contribution in [-0.4, -0.2) is 40.1 Å². The monoisotopic (exact) mass is 276 g/mol. The van der Waals surface area contributed by atoms with Crippen molar-refractivity contribution in [3.8, 4) is 0 Å². The third-order valence-corrected chi connectivity index (χ3v) is 3.73. The zero-order chi connectivity index (χ0) is 13.4. The standard InChI is InChI=1S/C14H13ClN2O2/c15-12-4-3-11(13-10(12)2-1-6-16-13)14(19)17-7-5-9(18)8-17/h1-4,6,9,18H,5,7-8H2/t9-/m1/s1. The van der Waals surface area contributed by atoms with E-state index in [0.29, 0.717) is 35.6 Å². The van der Waals surface area contributed by atoms with Crippen LogP contribution in [0.15, 0.2) is 30.5 Å². The molecule has 1 aliphatic heterocycles. The maximum atomic E-state index is 12.4. The molecule has 1 aliphatic rings. The lowest BCUT2D eigenvalue weighted by molar-refractivity contribution is 0.0766. The molecule has 1 aromatic carbocycles. The first-order valence-corrected chi connectivity index (χ1v) is 6.55. The summed E-state index contributed by atoms with van der Waals surface area (Å²) in [6.07, 6.45) is 1.86. The zero-order valence-corrected chi connectivity index (χ0v) is 11.0. The van der Waals surface area contributed by atoms with Gasteiger partial charge in [0, 0.05) is 24.7 Å². The lowest BCUT2D eigenvalue weighted by Crippen LogP contribution is -2.29. The number of carbonyl (C=O) groups excluding carboxylic acids is 1. The minimum atomic E-state index is -0.421. The Morgan fingerprint density at radius 1 is 1.42 bits per heavy atom. The molecule has 2 heterocycles. The van der Waals surface area contributed by atoms with E-state index in [1.807, 2.05) is 6.07 Å². The van der Waals surface area contributed by atoms with E-state index in [1.54, 1.807) is 29.3 Å². The highest BCUT2D eigenvalue weighted by Gasteiger charge is 2.26. The smallest absolute Gasteiger partial charge is 0.256 e. The fourth-order valence-corrected chi connectivity index (χ4v) is 2.62. The summed E-state index contributed by atoms with van der Waals surface area (Å²) in [6, 6.07) is 7.05. The summed E-state index contributed by atoms with van der Waals surface area (Å²) in [5.74, 6) is -0.100. The van der Waals surface area contributed by atoms with Gasteiger partial charge in [-0.25, -0.2) is 0 Å². The third-order valence-electron chi connectivity index (χ3n) is 3.40. The number of likely N-dealkylation sites (tertiary alicyclic amines) is 1.